The molecule has 12 nitrogen and oxygen atoms in total. The van der Waals surface area contributed by atoms with Gasteiger partial charge in [0.1, 0.15) is 19.0 Å². The quantitative estimate of drug-likeness (QED) is 0.0771. The summed E-state index contributed by atoms with van der Waals surface area (Å²) in [5.41, 5.74) is 8.46. The van der Waals surface area contributed by atoms with Crippen LogP contribution in [-0.2, 0) is 55.9 Å². The van der Waals surface area contributed by atoms with E-state index in [1.807, 2.05) is 60.7 Å². The lowest BCUT2D eigenvalue weighted by Crippen LogP contribution is -2.54. The number of hydrogen-bond donors (Lipinski definition) is 2. The minimum atomic E-state index is -0.691. The van der Waals surface area contributed by atoms with Gasteiger partial charge in [-0.15, -0.1) is 0 Å². The number of hydrogen-bond acceptors (Lipinski definition) is 10. The average Bonchev–Trinajstić information content (AvgIpc) is 3.08. The smallest absolute Gasteiger partial charge is 0.246 e. The monoisotopic (exact) mass is 787 g/mol. The Morgan fingerprint density at radius 1 is 0.833 bits per heavy atom. The van der Waals surface area contributed by atoms with Gasteiger partial charge in [-0.05, 0) is 30.4 Å². The number of fused-ring (bicyclic) bond motifs is 1. The maximum absolute atomic E-state index is 13.3. The van der Waals surface area contributed by atoms with Gasteiger partial charge in [-0.25, -0.2) is 0 Å². The Hall–Kier alpha value is -2.30. The summed E-state index contributed by atoms with van der Waals surface area (Å²) in [6.07, 6.45) is 4.76. The molecule has 48 heavy (non-hydrogen) atoms. The summed E-state index contributed by atoms with van der Waals surface area (Å²) in [5.74, 6) is -0.356. The number of nitrogens with one attached hydrogen (secondary N) is 1. The third-order valence-electron chi connectivity index (χ3n) is 7.92. The van der Waals surface area contributed by atoms with E-state index in [1.54, 1.807) is 4.90 Å². The van der Waals surface area contributed by atoms with E-state index >= 15 is 0 Å². The maximum Gasteiger partial charge on any atom is 0.246 e. The van der Waals surface area contributed by atoms with Crippen LogP contribution in [0.15, 0.2) is 24.3 Å². The number of Topliss-reactive ketones (excluding diaryl/α,β-unsaturated/α-hetero) is 3. The number of unbranched alkanes of at least 4 members (excludes halogenated alkanes) is 2. The van der Waals surface area contributed by atoms with Crippen molar-refractivity contribution < 1.29 is 42.9 Å². The predicted octanol–water partition coefficient (Wildman–Crippen LogP) is 2.98. The Balaban J connectivity index is 1.46. The number of carbonyl (C=O) groups excluding carboxylic acids is 5. The number of nitrogens with two attached hydrogens (primary N) is 1. The van der Waals surface area contributed by atoms with E-state index in [-0.39, 0.29) is 54.9 Å². The van der Waals surface area contributed by atoms with Gasteiger partial charge in [-0.2, -0.15) is 0 Å². The molecule has 2 rings (SSSR count). The van der Waals surface area contributed by atoms with Crippen LogP contribution in [-0.4, -0.2) is 110 Å². The lowest BCUT2D eigenvalue weighted by molar-refractivity contribution is -0.143. The van der Waals surface area contributed by atoms with E-state index in [4.69, 9.17) is 24.7 Å². The van der Waals surface area contributed by atoms with Crippen LogP contribution in [0.4, 0.5) is 0 Å². The highest BCUT2D eigenvalue weighted by atomic mass is 127. The van der Waals surface area contributed by atoms with Crippen LogP contribution in [0.25, 0.3) is 0 Å². The van der Waals surface area contributed by atoms with Crippen molar-refractivity contribution in [2.24, 2.45) is 11.7 Å². The van der Waals surface area contributed by atoms with E-state index in [0.717, 1.165) is 17.5 Å². The highest BCUT2D eigenvalue weighted by molar-refractivity contribution is 14.1. The standard InChI is InChI=1S/C35H54IN3O9/c1-26(2)34(43)32-21-27-9-6-7-10-28(27)23-39(32)35(44)31(37)13-5-3-4-11-30(41)24-47-19-18-46-16-14-38-33(42)25-48-20-17-45-15-8-12-29(40)22-36/h6-7,9-10,26,31-32H,3-5,8,11-25,37H2,1-2H3,(H,38,42)/t31-,32-/m1/s1. The van der Waals surface area contributed by atoms with Gasteiger partial charge >= 0.3 is 0 Å². The van der Waals surface area contributed by atoms with Crippen molar-refractivity contribution in [1.29, 1.82) is 0 Å². The number of ether oxygens (including phenoxy) is 4. The van der Waals surface area contributed by atoms with Crippen molar-refractivity contribution in [3.63, 3.8) is 0 Å². The Labute approximate surface area is 298 Å². The van der Waals surface area contributed by atoms with Gasteiger partial charge in [-0.3, -0.25) is 24.0 Å². The zero-order valence-electron chi connectivity index (χ0n) is 28.6. The first-order chi connectivity index (χ1) is 23.1. The fourth-order valence-corrected chi connectivity index (χ4v) is 5.59. The van der Waals surface area contributed by atoms with Crippen molar-refractivity contribution in [2.45, 2.75) is 83.8 Å². The zero-order valence-corrected chi connectivity index (χ0v) is 30.7. The SMILES string of the molecule is CC(C)C(=O)[C@H]1Cc2ccccc2CN1C(=O)[C@H](N)CCCCCC(=O)COCCOCCNC(=O)COCCOCCCC(=O)CI. The summed E-state index contributed by atoms with van der Waals surface area (Å²) < 4.78 is 22.0. The van der Waals surface area contributed by atoms with Crippen molar-refractivity contribution in [3.05, 3.63) is 35.4 Å². The minimum Gasteiger partial charge on any atom is -0.379 e. The molecule has 0 unspecified atom stereocenters. The summed E-state index contributed by atoms with van der Waals surface area (Å²) in [4.78, 5) is 63.1. The second kappa shape index (κ2) is 24.8. The summed E-state index contributed by atoms with van der Waals surface area (Å²) >= 11 is 2.05. The van der Waals surface area contributed by atoms with Gasteiger partial charge < -0.3 is 34.9 Å². The van der Waals surface area contributed by atoms with Gasteiger partial charge in [0.15, 0.2) is 11.6 Å². The summed E-state index contributed by atoms with van der Waals surface area (Å²) in [6.45, 7) is 6.43. The zero-order chi connectivity index (χ0) is 35.1. The Bertz CT molecular complexity index is 1150. The number of amides is 2. The normalized spacial score (nSPS) is 14.9. The molecular weight excluding hydrogens is 733 g/mol. The molecule has 1 heterocycles. The third-order valence-corrected chi connectivity index (χ3v) is 8.77. The molecule has 0 bridgehead atoms. The van der Waals surface area contributed by atoms with Gasteiger partial charge in [0.2, 0.25) is 11.8 Å². The van der Waals surface area contributed by atoms with Crippen LogP contribution in [0, 0.1) is 5.92 Å². The largest absolute Gasteiger partial charge is 0.379 e. The lowest BCUT2D eigenvalue weighted by Gasteiger charge is -2.38. The van der Waals surface area contributed by atoms with Crippen molar-refractivity contribution in [1.82, 2.24) is 10.2 Å². The first-order valence-corrected chi connectivity index (χ1v) is 18.5. The number of carbonyl (C=O) groups is 5. The fourth-order valence-electron chi connectivity index (χ4n) is 5.21. The molecule has 1 aromatic rings. The second-order valence-corrected chi connectivity index (χ2v) is 13.0. The molecule has 0 spiro atoms. The van der Waals surface area contributed by atoms with Crippen LogP contribution < -0.4 is 11.1 Å². The molecule has 0 aliphatic carbocycles. The van der Waals surface area contributed by atoms with E-state index in [1.165, 1.54) is 0 Å². The molecule has 2 amide bonds. The van der Waals surface area contributed by atoms with Crippen LogP contribution in [0.2, 0.25) is 0 Å². The summed E-state index contributed by atoms with van der Waals surface area (Å²) in [5, 5.41) is 2.69. The van der Waals surface area contributed by atoms with Crippen LogP contribution in [0.3, 0.4) is 0 Å². The second-order valence-electron chi connectivity index (χ2n) is 12.2. The Morgan fingerprint density at radius 3 is 2.19 bits per heavy atom. The molecule has 1 aromatic carbocycles. The predicted molar refractivity (Wildman–Crippen MR) is 190 cm³/mol. The summed E-state index contributed by atoms with van der Waals surface area (Å²) in [7, 11) is 0. The number of rotatable bonds is 27. The number of nitrogens with zero attached hydrogens (tertiary/aromatic N) is 1. The maximum atomic E-state index is 13.3. The molecule has 13 heteroatoms. The Kier molecular flexibility index (Phi) is 21.6. The van der Waals surface area contributed by atoms with Crippen molar-refractivity contribution in [3.8, 4) is 0 Å². The minimum absolute atomic E-state index is 0.00126. The molecule has 1 aliphatic rings. The number of halogens is 1. The molecule has 1 aliphatic heterocycles. The molecule has 2 atom stereocenters. The molecule has 0 saturated heterocycles. The number of alkyl halides is 1. The highest BCUT2D eigenvalue weighted by Crippen LogP contribution is 2.26. The van der Waals surface area contributed by atoms with E-state index in [2.05, 4.69) is 5.32 Å². The Morgan fingerprint density at radius 2 is 1.48 bits per heavy atom. The molecule has 0 saturated carbocycles. The van der Waals surface area contributed by atoms with Crippen molar-refractivity contribution in [2.75, 3.05) is 63.8 Å². The highest BCUT2D eigenvalue weighted by Gasteiger charge is 2.36. The van der Waals surface area contributed by atoms with E-state index in [9.17, 15) is 24.0 Å². The van der Waals surface area contributed by atoms with Crippen LogP contribution in [0.1, 0.15) is 69.9 Å². The average molecular weight is 788 g/mol. The van der Waals surface area contributed by atoms with Gasteiger partial charge in [-0.1, -0.05) is 73.5 Å². The molecule has 270 valence electrons. The van der Waals surface area contributed by atoms with Gasteiger partial charge in [0.25, 0.3) is 0 Å². The molecule has 0 fully saturated rings. The molecule has 3 N–H and O–H groups in total. The van der Waals surface area contributed by atoms with Gasteiger partial charge in [0, 0.05) is 44.9 Å². The van der Waals surface area contributed by atoms with Crippen LogP contribution >= 0.6 is 22.6 Å². The molecule has 0 radical (unpaired) electrons. The number of benzene rings is 1. The molecule has 0 aromatic heterocycles. The lowest BCUT2D eigenvalue weighted by atomic mass is 9.87. The van der Waals surface area contributed by atoms with Crippen LogP contribution in [0.5, 0.6) is 0 Å². The first kappa shape index (κ1) is 41.9. The third kappa shape index (κ3) is 16.9. The topological polar surface area (TPSA) is 164 Å². The summed E-state index contributed by atoms with van der Waals surface area (Å²) in [6, 6.07) is 6.73. The van der Waals surface area contributed by atoms with E-state index in [0.29, 0.717) is 95.5 Å². The fraction of sp³-hybridized carbons (Fsp3) is 0.686. The first-order valence-electron chi connectivity index (χ1n) is 17.0. The molecular formula is C35H54IN3O9. The number of ketones is 3. The van der Waals surface area contributed by atoms with Crippen molar-refractivity contribution >= 4 is 51.8 Å². The van der Waals surface area contributed by atoms with Gasteiger partial charge in [0.05, 0.1) is 49.5 Å². The van der Waals surface area contributed by atoms with E-state index < -0.39 is 12.1 Å².